The zero-order valence-electron chi connectivity index (χ0n) is 14.1. The first-order valence-electron chi connectivity index (χ1n) is 8.41. The van der Waals surface area contributed by atoms with E-state index in [0.29, 0.717) is 32.5 Å². The molecule has 0 spiro atoms. The fraction of sp³-hybridized carbons (Fsp3) is 0.444. The topological polar surface area (TPSA) is 71.6 Å². The molecule has 7 heteroatoms. The van der Waals surface area contributed by atoms with Crippen molar-refractivity contribution in [2.45, 2.75) is 25.9 Å². The first-order chi connectivity index (χ1) is 12.1. The Labute approximate surface area is 144 Å². The highest BCUT2D eigenvalue weighted by atomic mass is 19.1. The van der Waals surface area contributed by atoms with Crippen LogP contribution in [0.15, 0.2) is 24.4 Å². The summed E-state index contributed by atoms with van der Waals surface area (Å²) in [7, 11) is 0. The number of piperidine rings is 1. The molecule has 0 radical (unpaired) electrons. The molecular formula is C18H21FN2O4. The lowest BCUT2D eigenvalue weighted by atomic mass is 10.1. The van der Waals surface area contributed by atoms with E-state index in [4.69, 9.17) is 9.47 Å². The van der Waals surface area contributed by atoms with Crippen LogP contribution in [0.5, 0.6) is 0 Å². The van der Waals surface area contributed by atoms with E-state index in [0.717, 1.165) is 16.5 Å². The largest absolute Gasteiger partial charge is 0.509 e. The van der Waals surface area contributed by atoms with Crippen LogP contribution in [0.3, 0.4) is 0 Å². The van der Waals surface area contributed by atoms with Crippen molar-refractivity contribution < 1.29 is 23.5 Å². The smallest absolute Gasteiger partial charge is 0.435 e. The number of carbonyl (C=O) groups excluding carboxylic acids is 2. The zero-order valence-corrected chi connectivity index (χ0v) is 14.1. The number of benzene rings is 1. The maximum Gasteiger partial charge on any atom is 0.509 e. The maximum absolute atomic E-state index is 13.4. The molecule has 1 aromatic carbocycles. The number of carbonyl (C=O) groups is 2. The molecule has 1 saturated heterocycles. The molecule has 1 aliphatic heterocycles. The molecular weight excluding hydrogens is 327 g/mol. The summed E-state index contributed by atoms with van der Waals surface area (Å²) >= 11 is 0. The fourth-order valence-electron chi connectivity index (χ4n) is 3.07. The summed E-state index contributed by atoms with van der Waals surface area (Å²) in [6.45, 7) is 3.56. The molecule has 0 saturated carbocycles. The maximum atomic E-state index is 13.4. The molecule has 2 aromatic rings. The van der Waals surface area contributed by atoms with E-state index in [1.54, 1.807) is 13.0 Å². The van der Waals surface area contributed by atoms with Crippen LogP contribution in [0.2, 0.25) is 0 Å². The van der Waals surface area contributed by atoms with Crippen LogP contribution in [0, 0.1) is 5.82 Å². The van der Waals surface area contributed by atoms with Gasteiger partial charge in [0.15, 0.2) is 11.9 Å². The van der Waals surface area contributed by atoms with E-state index >= 15 is 0 Å². The predicted molar refractivity (Wildman–Crippen MR) is 89.9 cm³/mol. The molecule has 2 heterocycles. The quantitative estimate of drug-likeness (QED) is 0.841. The monoisotopic (exact) mass is 348 g/mol. The number of likely N-dealkylation sites (tertiary alicyclic amines) is 1. The van der Waals surface area contributed by atoms with Gasteiger partial charge >= 0.3 is 6.16 Å². The summed E-state index contributed by atoms with van der Waals surface area (Å²) in [5.74, 6) is -0.349. The molecule has 0 amide bonds. The number of aromatic amines is 1. The molecule has 1 aliphatic rings. The highest BCUT2D eigenvalue weighted by Gasteiger charge is 2.30. The lowest BCUT2D eigenvalue weighted by Crippen LogP contribution is -2.47. The van der Waals surface area contributed by atoms with Gasteiger partial charge in [0.05, 0.1) is 6.61 Å². The number of rotatable bonds is 5. The minimum absolute atomic E-state index is 0.0848. The third-order valence-corrected chi connectivity index (χ3v) is 4.39. The van der Waals surface area contributed by atoms with Crippen LogP contribution < -0.4 is 0 Å². The van der Waals surface area contributed by atoms with E-state index in [2.05, 4.69) is 9.88 Å². The number of Topliss-reactive ketones (excluding diaryl/α,β-unsaturated/α-hetero) is 1. The number of hydrogen-bond donors (Lipinski definition) is 1. The lowest BCUT2D eigenvalue weighted by Gasteiger charge is -2.30. The zero-order chi connectivity index (χ0) is 17.8. The standard InChI is InChI=1S/C18H21FN2O4/c1-2-24-18(23)25-17-11-21(8-6-16(17)22)7-5-12-10-20-15-4-3-13(19)9-14(12)15/h3-4,9-10,17,20H,2,5-8,11H2,1H3. The number of hydrogen-bond acceptors (Lipinski definition) is 5. The highest BCUT2D eigenvalue weighted by Crippen LogP contribution is 2.21. The number of halogens is 1. The van der Waals surface area contributed by atoms with Gasteiger partial charge < -0.3 is 14.5 Å². The molecule has 0 bridgehead atoms. The number of nitrogens with zero attached hydrogens (tertiary/aromatic N) is 1. The van der Waals surface area contributed by atoms with Gasteiger partial charge in [-0.1, -0.05) is 0 Å². The Balaban J connectivity index is 1.59. The SMILES string of the molecule is CCOC(=O)OC1CN(CCc2c[nH]c3ccc(F)cc23)CCC1=O. The second kappa shape index (κ2) is 7.65. The van der Waals surface area contributed by atoms with Gasteiger partial charge in [0.25, 0.3) is 0 Å². The van der Waals surface area contributed by atoms with Gasteiger partial charge in [0.2, 0.25) is 0 Å². The summed E-state index contributed by atoms with van der Waals surface area (Å²) in [5, 5.41) is 0.868. The van der Waals surface area contributed by atoms with Crippen molar-refractivity contribution in [1.82, 2.24) is 9.88 Å². The van der Waals surface area contributed by atoms with Gasteiger partial charge in [0, 0.05) is 43.2 Å². The average Bonchev–Trinajstić information content (AvgIpc) is 2.98. The number of ether oxygens (including phenoxy) is 2. The van der Waals surface area contributed by atoms with Crippen molar-refractivity contribution in [1.29, 1.82) is 0 Å². The Bertz CT molecular complexity index is 774. The van der Waals surface area contributed by atoms with Crippen LogP contribution in [-0.4, -0.2) is 54.2 Å². The Morgan fingerprint density at radius 1 is 1.44 bits per heavy atom. The average molecular weight is 348 g/mol. The van der Waals surface area contributed by atoms with Crippen LogP contribution in [-0.2, 0) is 20.7 Å². The normalized spacial score (nSPS) is 18.5. The predicted octanol–water partition coefficient (Wildman–Crippen LogP) is 2.67. The van der Waals surface area contributed by atoms with Gasteiger partial charge in [-0.15, -0.1) is 0 Å². The molecule has 134 valence electrons. The molecule has 1 N–H and O–H groups in total. The molecule has 0 aliphatic carbocycles. The van der Waals surface area contributed by atoms with Crippen LogP contribution in [0.1, 0.15) is 18.9 Å². The van der Waals surface area contributed by atoms with Crippen LogP contribution in [0.25, 0.3) is 10.9 Å². The molecule has 25 heavy (non-hydrogen) atoms. The summed E-state index contributed by atoms with van der Waals surface area (Å²) in [5.41, 5.74) is 1.92. The van der Waals surface area contributed by atoms with Gasteiger partial charge in [-0.25, -0.2) is 9.18 Å². The summed E-state index contributed by atoms with van der Waals surface area (Å²) < 4.78 is 23.3. The number of ketones is 1. The third kappa shape index (κ3) is 4.17. The van der Waals surface area contributed by atoms with Crippen LogP contribution in [0.4, 0.5) is 9.18 Å². The van der Waals surface area contributed by atoms with Crippen molar-refractivity contribution >= 4 is 22.8 Å². The van der Waals surface area contributed by atoms with Gasteiger partial charge in [-0.2, -0.15) is 0 Å². The molecule has 1 fully saturated rings. The lowest BCUT2D eigenvalue weighted by molar-refractivity contribution is -0.133. The number of fused-ring (bicyclic) bond motifs is 1. The summed E-state index contributed by atoms with van der Waals surface area (Å²) in [6.07, 6.45) is 1.34. The van der Waals surface area contributed by atoms with Crippen molar-refractivity contribution in [3.8, 4) is 0 Å². The molecule has 1 aromatic heterocycles. The van der Waals surface area contributed by atoms with Crippen molar-refractivity contribution in [3.63, 3.8) is 0 Å². The van der Waals surface area contributed by atoms with E-state index in [1.807, 2.05) is 6.20 Å². The summed E-state index contributed by atoms with van der Waals surface area (Å²) in [6, 6.07) is 4.67. The Kier molecular flexibility index (Phi) is 5.33. The molecule has 1 atom stereocenters. The van der Waals surface area contributed by atoms with Crippen LogP contribution >= 0.6 is 0 Å². The molecule has 6 nitrogen and oxygen atoms in total. The van der Waals surface area contributed by atoms with Gasteiger partial charge in [-0.3, -0.25) is 9.69 Å². The minimum Gasteiger partial charge on any atom is -0.435 e. The Morgan fingerprint density at radius 3 is 3.08 bits per heavy atom. The van der Waals surface area contributed by atoms with E-state index in [-0.39, 0.29) is 18.2 Å². The van der Waals surface area contributed by atoms with Crippen molar-refractivity contribution in [3.05, 3.63) is 35.8 Å². The van der Waals surface area contributed by atoms with Crippen molar-refractivity contribution in [2.75, 3.05) is 26.2 Å². The number of aromatic nitrogens is 1. The first-order valence-corrected chi connectivity index (χ1v) is 8.41. The molecule has 1 unspecified atom stereocenters. The van der Waals surface area contributed by atoms with Gasteiger partial charge in [-0.05, 0) is 37.1 Å². The first kappa shape index (κ1) is 17.4. The highest BCUT2D eigenvalue weighted by molar-refractivity contribution is 5.86. The second-order valence-electron chi connectivity index (χ2n) is 6.06. The summed E-state index contributed by atoms with van der Waals surface area (Å²) in [4.78, 5) is 28.6. The van der Waals surface area contributed by atoms with E-state index in [1.165, 1.54) is 12.1 Å². The third-order valence-electron chi connectivity index (χ3n) is 4.39. The minimum atomic E-state index is -0.810. The van der Waals surface area contributed by atoms with Gasteiger partial charge in [0.1, 0.15) is 5.82 Å². The van der Waals surface area contributed by atoms with Crippen molar-refractivity contribution in [2.24, 2.45) is 0 Å². The molecule has 3 rings (SSSR count). The number of nitrogens with one attached hydrogen (secondary N) is 1. The Hall–Kier alpha value is -2.41. The van der Waals surface area contributed by atoms with E-state index in [9.17, 15) is 14.0 Å². The Morgan fingerprint density at radius 2 is 2.28 bits per heavy atom. The fourth-order valence-corrected chi connectivity index (χ4v) is 3.07. The number of H-pyrrole nitrogens is 1. The second-order valence-corrected chi connectivity index (χ2v) is 6.06. The van der Waals surface area contributed by atoms with E-state index < -0.39 is 12.3 Å².